The maximum Gasteiger partial charge on any atom is 0.344 e. The Labute approximate surface area is 143 Å². The van der Waals surface area contributed by atoms with Crippen molar-refractivity contribution in [2.45, 2.75) is 6.61 Å². The molecule has 6 nitrogen and oxygen atoms in total. The number of hydrogen-bond donors (Lipinski definition) is 0. The van der Waals surface area contributed by atoms with E-state index in [9.17, 15) is 4.79 Å². The number of nitrogens with zero attached hydrogens (tertiary/aromatic N) is 2. The van der Waals surface area contributed by atoms with E-state index < -0.39 is 5.97 Å². The zero-order chi connectivity index (χ0) is 16.8. The second-order valence-corrected chi connectivity index (χ2v) is 5.22. The number of halogens is 1. The monoisotopic (exact) mass is 344 g/mol. The lowest BCUT2D eigenvalue weighted by Gasteiger charge is -2.04. The molecule has 0 fully saturated rings. The molecule has 0 aliphatic heterocycles. The average molecular weight is 345 g/mol. The molecule has 0 radical (unpaired) electrons. The van der Waals surface area contributed by atoms with Crippen LogP contribution in [0.15, 0.2) is 59.1 Å². The van der Waals surface area contributed by atoms with E-state index in [0.717, 1.165) is 5.56 Å². The number of aromatic nitrogens is 2. The second-order valence-electron chi connectivity index (χ2n) is 4.78. The topological polar surface area (TPSA) is 74.5 Å². The number of rotatable bonds is 6. The van der Waals surface area contributed by atoms with Gasteiger partial charge in [0.2, 0.25) is 5.82 Å². The SMILES string of the molecule is O=C(COc1ccccc1)OCc1nc(-c2ccc(Cl)cc2)no1. The van der Waals surface area contributed by atoms with Gasteiger partial charge in [0.25, 0.3) is 5.89 Å². The van der Waals surface area contributed by atoms with Crippen LogP contribution >= 0.6 is 11.6 Å². The summed E-state index contributed by atoms with van der Waals surface area (Å²) in [6, 6.07) is 16.0. The summed E-state index contributed by atoms with van der Waals surface area (Å²) in [5.74, 6) is 0.675. The van der Waals surface area contributed by atoms with Crippen molar-refractivity contribution in [1.82, 2.24) is 10.1 Å². The highest BCUT2D eigenvalue weighted by atomic mass is 35.5. The summed E-state index contributed by atoms with van der Waals surface area (Å²) in [6.07, 6.45) is 0. The first-order valence-corrected chi connectivity index (χ1v) is 7.50. The van der Waals surface area contributed by atoms with Crippen LogP contribution in [0.4, 0.5) is 0 Å². The molecule has 0 amide bonds. The van der Waals surface area contributed by atoms with Crippen molar-refractivity contribution in [3.8, 4) is 17.1 Å². The van der Waals surface area contributed by atoms with Gasteiger partial charge in [-0.3, -0.25) is 0 Å². The number of ether oxygens (including phenoxy) is 2. The first kappa shape index (κ1) is 16.0. The average Bonchev–Trinajstić information content (AvgIpc) is 3.09. The van der Waals surface area contributed by atoms with Gasteiger partial charge in [-0.1, -0.05) is 35.0 Å². The molecule has 7 heteroatoms. The molecular weight excluding hydrogens is 332 g/mol. The number of hydrogen-bond acceptors (Lipinski definition) is 6. The minimum atomic E-state index is -0.523. The van der Waals surface area contributed by atoms with E-state index in [2.05, 4.69) is 10.1 Å². The summed E-state index contributed by atoms with van der Waals surface area (Å²) in [5.41, 5.74) is 0.758. The first-order valence-electron chi connectivity index (χ1n) is 7.13. The molecule has 0 aliphatic carbocycles. The molecule has 3 aromatic rings. The fourth-order valence-electron chi connectivity index (χ4n) is 1.87. The van der Waals surface area contributed by atoms with Crippen molar-refractivity contribution >= 4 is 17.6 Å². The fraction of sp³-hybridized carbons (Fsp3) is 0.118. The van der Waals surface area contributed by atoms with Crippen LogP contribution in [-0.2, 0) is 16.1 Å². The molecule has 3 rings (SSSR count). The molecule has 0 aliphatic rings. The largest absolute Gasteiger partial charge is 0.482 e. The molecule has 0 atom stereocenters. The van der Waals surface area contributed by atoms with Crippen LogP contribution in [0.3, 0.4) is 0 Å². The van der Waals surface area contributed by atoms with E-state index in [1.54, 1.807) is 36.4 Å². The van der Waals surface area contributed by atoms with Crippen LogP contribution in [0, 0.1) is 0 Å². The number of carbonyl (C=O) groups excluding carboxylic acids is 1. The van der Waals surface area contributed by atoms with E-state index in [-0.39, 0.29) is 19.1 Å². The summed E-state index contributed by atoms with van der Waals surface area (Å²) in [5, 5.41) is 4.46. The number of carbonyl (C=O) groups is 1. The van der Waals surface area contributed by atoms with E-state index >= 15 is 0 Å². The van der Waals surface area contributed by atoms with E-state index in [4.69, 9.17) is 25.6 Å². The number of esters is 1. The lowest BCUT2D eigenvalue weighted by Crippen LogP contribution is -2.14. The predicted molar refractivity (Wildman–Crippen MR) is 86.5 cm³/mol. The molecule has 122 valence electrons. The molecule has 2 aromatic carbocycles. The third-order valence-electron chi connectivity index (χ3n) is 3.03. The van der Waals surface area contributed by atoms with Gasteiger partial charge < -0.3 is 14.0 Å². The number of benzene rings is 2. The Morgan fingerprint density at radius 1 is 1.08 bits per heavy atom. The molecule has 0 spiro atoms. The summed E-state index contributed by atoms with van der Waals surface area (Å²) >= 11 is 5.83. The Hall–Kier alpha value is -2.86. The van der Waals surface area contributed by atoms with E-state index in [1.165, 1.54) is 0 Å². The van der Waals surface area contributed by atoms with E-state index in [1.807, 2.05) is 18.2 Å². The van der Waals surface area contributed by atoms with Gasteiger partial charge in [-0.15, -0.1) is 0 Å². The van der Waals surface area contributed by atoms with Gasteiger partial charge in [0, 0.05) is 10.6 Å². The normalized spacial score (nSPS) is 10.4. The van der Waals surface area contributed by atoms with Crippen molar-refractivity contribution in [3.05, 3.63) is 65.5 Å². The smallest absolute Gasteiger partial charge is 0.344 e. The summed E-state index contributed by atoms with van der Waals surface area (Å²) < 4.78 is 15.4. The fourth-order valence-corrected chi connectivity index (χ4v) is 2.00. The standard InChI is InChI=1S/C17H13ClN2O4/c18-13-8-6-12(7-9-13)17-19-15(24-20-17)10-23-16(21)11-22-14-4-2-1-3-5-14/h1-9H,10-11H2. The molecule has 24 heavy (non-hydrogen) atoms. The van der Waals surface area contributed by atoms with Gasteiger partial charge in [0.05, 0.1) is 0 Å². The number of para-hydroxylation sites is 1. The molecule has 1 aromatic heterocycles. The second kappa shape index (κ2) is 7.61. The molecule has 0 saturated carbocycles. The van der Waals surface area contributed by atoms with Crippen molar-refractivity contribution in [2.75, 3.05) is 6.61 Å². The Balaban J connectivity index is 1.50. The summed E-state index contributed by atoms with van der Waals surface area (Å²) in [6.45, 7) is -0.306. The Morgan fingerprint density at radius 3 is 2.58 bits per heavy atom. The van der Waals surface area contributed by atoms with Crippen LogP contribution in [-0.4, -0.2) is 22.7 Å². The zero-order valence-electron chi connectivity index (χ0n) is 12.5. The zero-order valence-corrected chi connectivity index (χ0v) is 13.3. The third kappa shape index (κ3) is 4.33. The minimum Gasteiger partial charge on any atom is -0.482 e. The molecule has 1 heterocycles. The van der Waals surface area contributed by atoms with Crippen molar-refractivity contribution in [3.63, 3.8) is 0 Å². The lowest BCUT2D eigenvalue weighted by atomic mass is 10.2. The highest BCUT2D eigenvalue weighted by molar-refractivity contribution is 6.30. The van der Waals surface area contributed by atoms with Gasteiger partial charge in [-0.25, -0.2) is 4.79 Å². The van der Waals surface area contributed by atoms with Crippen molar-refractivity contribution < 1.29 is 18.8 Å². The maximum absolute atomic E-state index is 11.7. The third-order valence-corrected chi connectivity index (χ3v) is 3.28. The Morgan fingerprint density at radius 2 is 1.83 bits per heavy atom. The van der Waals surface area contributed by atoms with Gasteiger partial charge in [0.15, 0.2) is 13.2 Å². The summed E-state index contributed by atoms with van der Waals surface area (Å²) in [7, 11) is 0. The Kier molecular flexibility index (Phi) is 5.08. The minimum absolute atomic E-state index is 0.114. The highest BCUT2D eigenvalue weighted by Crippen LogP contribution is 2.18. The van der Waals surface area contributed by atoms with Gasteiger partial charge in [-0.2, -0.15) is 4.98 Å². The maximum atomic E-state index is 11.7. The first-order chi connectivity index (χ1) is 11.7. The lowest BCUT2D eigenvalue weighted by molar-refractivity contribution is -0.148. The van der Waals surface area contributed by atoms with Crippen LogP contribution in [0.5, 0.6) is 5.75 Å². The van der Waals surface area contributed by atoms with Gasteiger partial charge in [0.1, 0.15) is 5.75 Å². The van der Waals surface area contributed by atoms with Crippen LogP contribution in [0.2, 0.25) is 5.02 Å². The van der Waals surface area contributed by atoms with Gasteiger partial charge in [-0.05, 0) is 36.4 Å². The molecule has 0 unspecified atom stereocenters. The van der Waals surface area contributed by atoms with E-state index in [0.29, 0.717) is 16.6 Å². The molecule has 0 N–H and O–H groups in total. The highest BCUT2D eigenvalue weighted by Gasteiger charge is 2.11. The predicted octanol–water partition coefficient (Wildman–Crippen LogP) is 3.51. The van der Waals surface area contributed by atoms with Crippen LogP contribution < -0.4 is 4.74 Å². The van der Waals surface area contributed by atoms with Crippen molar-refractivity contribution in [1.29, 1.82) is 0 Å². The van der Waals surface area contributed by atoms with Crippen LogP contribution in [0.1, 0.15) is 5.89 Å². The quantitative estimate of drug-likeness (QED) is 0.637. The molecule has 0 saturated heterocycles. The van der Waals surface area contributed by atoms with Crippen LogP contribution in [0.25, 0.3) is 11.4 Å². The Bertz CT molecular complexity index is 803. The molecule has 0 bridgehead atoms. The van der Waals surface area contributed by atoms with Crippen molar-refractivity contribution in [2.24, 2.45) is 0 Å². The summed E-state index contributed by atoms with van der Waals surface area (Å²) in [4.78, 5) is 15.8. The van der Waals surface area contributed by atoms with Gasteiger partial charge >= 0.3 is 5.97 Å². The molecular formula is C17H13ClN2O4.